The summed E-state index contributed by atoms with van der Waals surface area (Å²) < 4.78 is 0. The zero-order chi connectivity index (χ0) is 20.3. The maximum atomic E-state index is 12.4. The van der Waals surface area contributed by atoms with Gasteiger partial charge in [-0.15, -0.1) is 0 Å². The van der Waals surface area contributed by atoms with E-state index in [1.165, 1.54) is 62.6 Å². The highest BCUT2D eigenvalue weighted by Crippen LogP contribution is 2.37. The number of fused-ring (bicyclic) bond motifs is 2. The van der Waals surface area contributed by atoms with Crippen LogP contribution in [0.25, 0.3) is 10.9 Å². The number of amides is 2. The summed E-state index contributed by atoms with van der Waals surface area (Å²) in [6.45, 7) is 2.48. The highest BCUT2D eigenvalue weighted by molar-refractivity contribution is 6.01. The van der Waals surface area contributed by atoms with E-state index in [2.05, 4.69) is 38.8 Å². The van der Waals surface area contributed by atoms with E-state index in [4.69, 9.17) is 0 Å². The number of nitrogens with one attached hydrogen (secondary N) is 3. The van der Waals surface area contributed by atoms with Gasteiger partial charge < -0.3 is 20.5 Å². The first-order chi connectivity index (χ1) is 14.8. The van der Waals surface area contributed by atoms with Gasteiger partial charge in [0.2, 0.25) is 0 Å². The van der Waals surface area contributed by atoms with Crippen LogP contribution in [0.2, 0.25) is 0 Å². The van der Waals surface area contributed by atoms with Gasteiger partial charge in [0, 0.05) is 34.5 Å². The van der Waals surface area contributed by atoms with Crippen LogP contribution >= 0.6 is 0 Å². The Morgan fingerprint density at radius 3 is 2.67 bits per heavy atom. The third kappa shape index (κ3) is 4.08. The Bertz CT molecular complexity index is 996. The van der Waals surface area contributed by atoms with Crippen molar-refractivity contribution in [2.45, 2.75) is 50.5 Å². The van der Waals surface area contributed by atoms with E-state index in [9.17, 15) is 4.79 Å². The standard InChI is InChI=1S/C25H30N4O/c30-25(27-19-6-2-1-3-7-19)28-20-10-12-24-22(16-20)23(17-26-24)18-9-11-21-8-4-5-14-29(21)15-13-18/h1-3,6-7,10,12,16-18,21,26H,4-5,8-9,11,13-15H2,(H2,27,28,30). The molecule has 3 N–H and O–H groups in total. The molecule has 2 fully saturated rings. The number of aromatic nitrogens is 1. The summed E-state index contributed by atoms with van der Waals surface area (Å²) in [5.41, 5.74) is 4.15. The summed E-state index contributed by atoms with van der Waals surface area (Å²) in [6.07, 6.45) is 10.1. The molecule has 5 heteroatoms. The van der Waals surface area contributed by atoms with Gasteiger partial charge in [-0.1, -0.05) is 24.6 Å². The number of rotatable bonds is 3. The first-order valence-corrected chi connectivity index (χ1v) is 11.2. The molecule has 0 bridgehead atoms. The van der Waals surface area contributed by atoms with Crippen molar-refractivity contribution in [2.24, 2.45) is 0 Å². The fourth-order valence-corrected chi connectivity index (χ4v) is 5.22. The normalized spacial score (nSPS) is 22.3. The predicted octanol–water partition coefficient (Wildman–Crippen LogP) is 5.93. The summed E-state index contributed by atoms with van der Waals surface area (Å²) in [5, 5.41) is 7.10. The number of aromatic amines is 1. The molecule has 2 unspecified atom stereocenters. The van der Waals surface area contributed by atoms with Crippen LogP contribution in [0, 0.1) is 0 Å². The fraction of sp³-hybridized carbons (Fsp3) is 0.400. The van der Waals surface area contributed by atoms with Gasteiger partial charge in [-0.3, -0.25) is 0 Å². The molecule has 2 aromatic carbocycles. The molecule has 2 aliphatic heterocycles. The Morgan fingerprint density at radius 1 is 0.900 bits per heavy atom. The van der Waals surface area contributed by atoms with Gasteiger partial charge in [-0.25, -0.2) is 4.79 Å². The third-order valence-corrected chi connectivity index (χ3v) is 6.81. The lowest BCUT2D eigenvalue weighted by molar-refractivity contribution is 0.151. The highest BCUT2D eigenvalue weighted by atomic mass is 16.2. The molecule has 5 rings (SSSR count). The van der Waals surface area contributed by atoms with Gasteiger partial charge in [0.1, 0.15) is 0 Å². The zero-order valence-electron chi connectivity index (χ0n) is 17.4. The molecule has 2 amide bonds. The molecule has 30 heavy (non-hydrogen) atoms. The van der Waals surface area contributed by atoms with Crippen molar-refractivity contribution >= 4 is 28.3 Å². The lowest BCUT2D eigenvalue weighted by Gasteiger charge is -2.33. The van der Waals surface area contributed by atoms with E-state index in [1.807, 2.05) is 36.4 Å². The molecule has 2 saturated heterocycles. The van der Waals surface area contributed by atoms with Gasteiger partial charge in [0.25, 0.3) is 0 Å². The van der Waals surface area contributed by atoms with Crippen LogP contribution < -0.4 is 10.6 Å². The van der Waals surface area contributed by atoms with E-state index in [-0.39, 0.29) is 6.03 Å². The summed E-state index contributed by atoms with van der Waals surface area (Å²) in [7, 11) is 0. The van der Waals surface area contributed by atoms with E-state index in [0.717, 1.165) is 22.9 Å². The van der Waals surface area contributed by atoms with Crippen molar-refractivity contribution in [3.63, 3.8) is 0 Å². The van der Waals surface area contributed by atoms with E-state index in [0.29, 0.717) is 5.92 Å². The number of urea groups is 1. The number of benzene rings is 2. The van der Waals surface area contributed by atoms with Gasteiger partial charge in [0.15, 0.2) is 0 Å². The van der Waals surface area contributed by atoms with Crippen molar-refractivity contribution in [3.8, 4) is 0 Å². The number of H-pyrrole nitrogens is 1. The topological polar surface area (TPSA) is 60.2 Å². The molecule has 1 aromatic heterocycles. The highest BCUT2D eigenvalue weighted by Gasteiger charge is 2.28. The average molecular weight is 403 g/mol. The van der Waals surface area contributed by atoms with Gasteiger partial charge in [-0.05, 0) is 87.0 Å². The first-order valence-electron chi connectivity index (χ1n) is 11.2. The molecular formula is C25H30N4O. The van der Waals surface area contributed by atoms with Gasteiger partial charge in [-0.2, -0.15) is 0 Å². The Morgan fingerprint density at radius 2 is 1.77 bits per heavy atom. The number of anilines is 2. The number of nitrogens with zero attached hydrogens (tertiary/aromatic N) is 1. The molecule has 2 aliphatic rings. The molecule has 2 atom stereocenters. The molecule has 0 saturated carbocycles. The van der Waals surface area contributed by atoms with E-state index < -0.39 is 0 Å². The lowest BCUT2D eigenvalue weighted by Crippen LogP contribution is -2.38. The molecule has 0 aliphatic carbocycles. The second-order valence-electron chi connectivity index (χ2n) is 8.70. The van der Waals surface area contributed by atoms with Crippen LogP contribution in [0.5, 0.6) is 0 Å². The Labute approximate surface area is 177 Å². The maximum absolute atomic E-state index is 12.4. The molecular weight excluding hydrogens is 372 g/mol. The van der Waals surface area contributed by atoms with Crippen molar-refractivity contribution in [2.75, 3.05) is 23.7 Å². The van der Waals surface area contributed by atoms with E-state index in [1.54, 1.807) is 0 Å². The van der Waals surface area contributed by atoms with Crippen LogP contribution in [0.3, 0.4) is 0 Å². The van der Waals surface area contributed by atoms with Crippen LogP contribution in [-0.4, -0.2) is 35.0 Å². The second kappa shape index (κ2) is 8.52. The SMILES string of the molecule is O=C(Nc1ccccc1)Nc1ccc2[nH]cc(C3CCC4CCCCN4CC3)c2c1. The molecule has 3 aromatic rings. The molecule has 0 spiro atoms. The number of carbonyl (C=O) groups is 1. The third-order valence-electron chi connectivity index (χ3n) is 6.81. The zero-order valence-corrected chi connectivity index (χ0v) is 17.4. The Balaban J connectivity index is 1.32. The summed E-state index contributed by atoms with van der Waals surface area (Å²) >= 11 is 0. The molecule has 5 nitrogen and oxygen atoms in total. The molecule has 156 valence electrons. The van der Waals surface area contributed by atoms with Gasteiger partial charge in [0.05, 0.1) is 0 Å². The largest absolute Gasteiger partial charge is 0.361 e. The first kappa shape index (κ1) is 19.2. The van der Waals surface area contributed by atoms with Crippen LogP contribution in [0.4, 0.5) is 16.2 Å². The Kier molecular flexibility index (Phi) is 5.45. The molecule has 0 radical (unpaired) electrons. The lowest BCUT2D eigenvalue weighted by atomic mass is 9.90. The maximum Gasteiger partial charge on any atom is 0.323 e. The summed E-state index contributed by atoms with van der Waals surface area (Å²) in [5.74, 6) is 0.581. The molecule has 3 heterocycles. The Hall–Kier alpha value is -2.79. The fourth-order valence-electron chi connectivity index (χ4n) is 5.22. The minimum atomic E-state index is -0.219. The van der Waals surface area contributed by atoms with Gasteiger partial charge >= 0.3 is 6.03 Å². The van der Waals surface area contributed by atoms with Crippen molar-refractivity contribution in [1.29, 1.82) is 0 Å². The summed E-state index contributed by atoms with van der Waals surface area (Å²) in [6, 6.07) is 16.2. The van der Waals surface area contributed by atoms with E-state index >= 15 is 0 Å². The van der Waals surface area contributed by atoms with Crippen molar-refractivity contribution < 1.29 is 4.79 Å². The van der Waals surface area contributed by atoms with Crippen molar-refractivity contribution in [1.82, 2.24) is 9.88 Å². The minimum absolute atomic E-state index is 0.219. The number of hydrogen-bond acceptors (Lipinski definition) is 2. The predicted molar refractivity (Wildman–Crippen MR) is 123 cm³/mol. The smallest absolute Gasteiger partial charge is 0.323 e. The monoisotopic (exact) mass is 402 g/mol. The number of para-hydroxylation sites is 1. The summed E-state index contributed by atoms with van der Waals surface area (Å²) in [4.78, 5) is 18.6. The number of hydrogen-bond donors (Lipinski definition) is 3. The van der Waals surface area contributed by atoms with Crippen LogP contribution in [-0.2, 0) is 0 Å². The minimum Gasteiger partial charge on any atom is -0.361 e. The van der Waals surface area contributed by atoms with Crippen LogP contribution in [0.1, 0.15) is 50.0 Å². The quantitative estimate of drug-likeness (QED) is 0.508. The van der Waals surface area contributed by atoms with Crippen LogP contribution in [0.15, 0.2) is 54.7 Å². The van der Waals surface area contributed by atoms with Crippen molar-refractivity contribution in [3.05, 3.63) is 60.3 Å². The average Bonchev–Trinajstić information content (AvgIpc) is 3.06. The number of carbonyl (C=O) groups excluding carboxylic acids is 1. The second-order valence-corrected chi connectivity index (χ2v) is 8.70. The number of piperidine rings is 1.